The highest BCUT2D eigenvalue weighted by Crippen LogP contribution is 2.30. The number of likely N-dealkylation sites (tertiary alicyclic amines) is 1. The zero-order valence-corrected chi connectivity index (χ0v) is 16.6. The minimum atomic E-state index is 0.714. The van der Waals surface area contributed by atoms with Crippen molar-refractivity contribution < 1.29 is 4.52 Å². The molecule has 0 spiro atoms. The third-order valence-electron chi connectivity index (χ3n) is 5.83. The maximum atomic E-state index is 5.45. The van der Waals surface area contributed by atoms with Gasteiger partial charge in [-0.1, -0.05) is 12.1 Å². The van der Waals surface area contributed by atoms with Crippen LogP contribution in [0.4, 0.5) is 0 Å². The Balaban J connectivity index is 1.19. The van der Waals surface area contributed by atoms with Crippen molar-refractivity contribution in [1.82, 2.24) is 19.9 Å². The number of hydrogen-bond donors (Lipinski definition) is 0. The number of thiophene rings is 1. The highest BCUT2D eigenvalue weighted by atomic mass is 32.1. The SMILES string of the molecule is CCN(CCC1CCN(Cc2nc(-c3ccsc3)no2)CC1)CC1CC1. The summed E-state index contributed by atoms with van der Waals surface area (Å²) in [6, 6.07) is 2.04. The van der Waals surface area contributed by atoms with E-state index in [2.05, 4.69) is 32.2 Å². The van der Waals surface area contributed by atoms with E-state index >= 15 is 0 Å². The van der Waals surface area contributed by atoms with Gasteiger partial charge < -0.3 is 9.42 Å². The van der Waals surface area contributed by atoms with Gasteiger partial charge in [0, 0.05) is 17.5 Å². The minimum absolute atomic E-state index is 0.714. The zero-order valence-electron chi connectivity index (χ0n) is 15.8. The number of nitrogens with zero attached hydrogens (tertiary/aromatic N) is 4. The summed E-state index contributed by atoms with van der Waals surface area (Å²) in [5.74, 6) is 3.34. The van der Waals surface area contributed by atoms with Crippen LogP contribution in [0.2, 0.25) is 0 Å². The Kier molecular flexibility index (Phi) is 6.02. The fourth-order valence-electron chi connectivity index (χ4n) is 3.86. The van der Waals surface area contributed by atoms with Gasteiger partial charge in [0.05, 0.1) is 6.54 Å². The molecule has 0 bridgehead atoms. The molecule has 2 aromatic heterocycles. The highest BCUT2D eigenvalue weighted by Gasteiger charge is 2.25. The molecule has 0 unspecified atom stereocenters. The first-order valence-corrected chi connectivity index (χ1v) is 11.0. The molecule has 2 fully saturated rings. The molecule has 4 rings (SSSR count). The van der Waals surface area contributed by atoms with E-state index in [1.54, 1.807) is 11.3 Å². The van der Waals surface area contributed by atoms with Crippen LogP contribution in [-0.2, 0) is 6.54 Å². The Morgan fingerprint density at radius 2 is 2.08 bits per heavy atom. The Morgan fingerprint density at radius 3 is 2.77 bits per heavy atom. The number of hydrogen-bond acceptors (Lipinski definition) is 6. The van der Waals surface area contributed by atoms with Crippen molar-refractivity contribution in [2.75, 3.05) is 32.7 Å². The molecule has 2 aliphatic rings. The lowest BCUT2D eigenvalue weighted by molar-refractivity contribution is 0.144. The van der Waals surface area contributed by atoms with Crippen LogP contribution in [0.3, 0.4) is 0 Å². The molecule has 0 N–H and O–H groups in total. The first-order valence-electron chi connectivity index (χ1n) is 10.1. The van der Waals surface area contributed by atoms with Gasteiger partial charge >= 0.3 is 0 Å². The average Bonchev–Trinajstić information content (AvgIpc) is 3.11. The summed E-state index contributed by atoms with van der Waals surface area (Å²) in [5.41, 5.74) is 1.05. The lowest BCUT2D eigenvalue weighted by atomic mass is 9.93. The molecule has 5 nitrogen and oxygen atoms in total. The smallest absolute Gasteiger partial charge is 0.241 e. The van der Waals surface area contributed by atoms with E-state index in [0.29, 0.717) is 5.82 Å². The normalized spacial score (nSPS) is 19.5. The molecular weight excluding hydrogens is 344 g/mol. The van der Waals surface area contributed by atoms with Crippen LogP contribution >= 0.6 is 11.3 Å². The van der Waals surface area contributed by atoms with Gasteiger partial charge in [-0.05, 0) is 81.6 Å². The second kappa shape index (κ2) is 8.63. The van der Waals surface area contributed by atoms with E-state index < -0.39 is 0 Å². The zero-order chi connectivity index (χ0) is 17.8. The van der Waals surface area contributed by atoms with E-state index in [1.165, 1.54) is 51.7 Å². The van der Waals surface area contributed by atoms with Crippen molar-refractivity contribution in [2.45, 2.75) is 45.6 Å². The molecule has 26 heavy (non-hydrogen) atoms. The van der Waals surface area contributed by atoms with Gasteiger partial charge in [-0.2, -0.15) is 16.3 Å². The first kappa shape index (κ1) is 18.1. The third kappa shape index (κ3) is 4.93. The van der Waals surface area contributed by atoms with E-state index in [0.717, 1.165) is 42.9 Å². The van der Waals surface area contributed by atoms with Gasteiger partial charge in [-0.25, -0.2) is 0 Å². The van der Waals surface area contributed by atoms with Crippen molar-refractivity contribution in [3.63, 3.8) is 0 Å². The van der Waals surface area contributed by atoms with Crippen molar-refractivity contribution in [1.29, 1.82) is 0 Å². The lowest BCUT2D eigenvalue weighted by Gasteiger charge is -2.32. The Hall–Kier alpha value is -1.24. The molecule has 3 heterocycles. The summed E-state index contributed by atoms with van der Waals surface area (Å²) >= 11 is 1.66. The topological polar surface area (TPSA) is 45.4 Å². The molecule has 1 aliphatic heterocycles. The molecule has 0 atom stereocenters. The monoisotopic (exact) mass is 374 g/mol. The average molecular weight is 375 g/mol. The van der Waals surface area contributed by atoms with Crippen LogP contribution in [0, 0.1) is 11.8 Å². The molecule has 1 aliphatic carbocycles. The van der Waals surface area contributed by atoms with Crippen LogP contribution in [0.5, 0.6) is 0 Å². The minimum Gasteiger partial charge on any atom is -0.338 e. The molecule has 6 heteroatoms. The van der Waals surface area contributed by atoms with Crippen LogP contribution in [0.25, 0.3) is 11.4 Å². The van der Waals surface area contributed by atoms with Gasteiger partial charge in [0.15, 0.2) is 0 Å². The molecule has 1 saturated carbocycles. The van der Waals surface area contributed by atoms with Crippen molar-refractivity contribution >= 4 is 11.3 Å². The van der Waals surface area contributed by atoms with E-state index in [4.69, 9.17) is 4.52 Å². The van der Waals surface area contributed by atoms with Gasteiger partial charge in [0.1, 0.15) is 0 Å². The fourth-order valence-corrected chi connectivity index (χ4v) is 4.50. The second-order valence-corrected chi connectivity index (χ2v) is 8.65. The molecular formula is C20H30N4OS. The number of aromatic nitrogens is 2. The van der Waals surface area contributed by atoms with Crippen molar-refractivity contribution in [3.05, 3.63) is 22.7 Å². The van der Waals surface area contributed by atoms with Crippen molar-refractivity contribution in [3.8, 4) is 11.4 Å². The Labute approximate surface area is 160 Å². The molecule has 2 aromatic rings. The summed E-state index contributed by atoms with van der Waals surface area (Å²) in [7, 11) is 0. The summed E-state index contributed by atoms with van der Waals surface area (Å²) in [4.78, 5) is 9.67. The van der Waals surface area contributed by atoms with E-state index in [1.807, 2.05) is 11.4 Å². The van der Waals surface area contributed by atoms with Gasteiger partial charge in [-0.15, -0.1) is 0 Å². The second-order valence-electron chi connectivity index (χ2n) is 7.87. The Bertz CT molecular complexity index is 659. The third-order valence-corrected chi connectivity index (χ3v) is 6.51. The van der Waals surface area contributed by atoms with E-state index in [9.17, 15) is 0 Å². The summed E-state index contributed by atoms with van der Waals surface area (Å²) in [6.07, 6.45) is 6.87. The first-order chi connectivity index (χ1) is 12.8. The maximum Gasteiger partial charge on any atom is 0.241 e. The van der Waals surface area contributed by atoms with Crippen LogP contribution in [0.15, 0.2) is 21.3 Å². The van der Waals surface area contributed by atoms with Gasteiger partial charge in [0.2, 0.25) is 11.7 Å². The molecule has 142 valence electrons. The quantitative estimate of drug-likeness (QED) is 0.660. The number of rotatable bonds is 9. The summed E-state index contributed by atoms with van der Waals surface area (Å²) < 4.78 is 5.45. The van der Waals surface area contributed by atoms with Gasteiger partial charge in [0.25, 0.3) is 0 Å². The standard InChI is InChI=1S/C20H30N4OS/c1-2-23(13-17-3-4-17)9-5-16-6-10-24(11-7-16)14-19-21-20(22-25-19)18-8-12-26-15-18/h8,12,15-17H,2-7,9-11,13-14H2,1H3. The highest BCUT2D eigenvalue weighted by molar-refractivity contribution is 7.08. The molecule has 0 amide bonds. The molecule has 1 saturated heterocycles. The fraction of sp³-hybridized carbons (Fsp3) is 0.700. The maximum absolute atomic E-state index is 5.45. The predicted octanol–water partition coefficient (Wildman–Crippen LogP) is 4.13. The number of piperidine rings is 1. The Morgan fingerprint density at radius 1 is 1.23 bits per heavy atom. The van der Waals surface area contributed by atoms with Gasteiger partial charge in [-0.3, -0.25) is 4.90 Å². The van der Waals surface area contributed by atoms with E-state index in [-0.39, 0.29) is 0 Å². The van der Waals surface area contributed by atoms with Crippen molar-refractivity contribution in [2.24, 2.45) is 11.8 Å². The molecule has 0 radical (unpaired) electrons. The lowest BCUT2D eigenvalue weighted by Crippen LogP contribution is -2.35. The van der Waals surface area contributed by atoms with Crippen LogP contribution in [0.1, 0.15) is 44.9 Å². The summed E-state index contributed by atoms with van der Waals surface area (Å²) in [5, 5.41) is 8.21. The largest absolute Gasteiger partial charge is 0.338 e. The summed E-state index contributed by atoms with van der Waals surface area (Å²) in [6.45, 7) is 9.21. The van der Waals surface area contributed by atoms with Crippen LogP contribution in [-0.4, -0.2) is 52.7 Å². The predicted molar refractivity (Wildman–Crippen MR) is 105 cm³/mol. The molecule has 0 aromatic carbocycles. The van der Waals surface area contributed by atoms with Crippen LogP contribution < -0.4 is 0 Å².